The summed E-state index contributed by atoms with van der Waals surface area (Å²) >= 11 is 3.45. The monoisotopic (exact) mass is 292 g/mol. The molecule has 1 aliphatic carbocycles. The Morgan fingerprint density at radius 1 is 1.35 bits per heavy atom. The lowest BCUT2D eigenvalue weighted by Crippen LogP contribution is -2.01. The van der Waals surface area contributed by atoms with Gasteiger partial charge in [-0.05, 0) is 31.0 Å². The van der Waals surface area contributed by atoms with Crippen LogP contribution in [0.4, 0.5) is 0 Å². The maximum absolute atomic E-state index is 9.34. The summed E-state index contributed by atoms with van der Waals surface area (Å²) < 4.78 is 2.84. The van der Waals surface area contributed by atoms with Crippen LogP contribution in [0.25, 0.3) is 5.69 Å². The fourth-order valence-corrected chi connectivity index (χ4v) is 2.30. The van der Waals surface area contributed by atoms with E-state index in [0.717, 1.165) is 21.4 Å². The van der Waals surface area contributed by atoms with E-state index < -0.39 is 0 Å². The molecule has 1 saturated carbocycles. The van der Waals surface area contributed by atoms with Crippen LogP contribution in [-0.4, -0.2) is 14.9 Å². The molecule has 1 N–H and O–H groups in total. The van der Waals surface area contributed by atoms with Crippen LogP contribution in [0.3, 0.4) is 0 Å². The van der Waals surface area contributed by atoms with Crippen molar-refractivity contribution in [1.29, 1.82) is 0 Å². The number of aliphatic hydroxyl groups excluding tert-OH is 1. The Labute approximate surface area is 108 Å². The quantitative estimate of drug-likeness (QED) is 0.944. The zero-order valence-electron chi connectivity index (χ0n) is 9.31. The van der Waals surface area contributed by atoms with Crippen molar-refractivity contribution in [3.8, 4) is 5.69 Å². The van der Waals surface area contributed by atoms with Crippen LogP contribution in [-0.2, 0) is 6.61 Å². The van der Waals surface area contributed by atoms with E-state index in [-0.39, 0.29) is 6.61 Å². The van der Waals surface area contributed by atoms with Crippen LogP contribution in [0.15, 0.2) is 34.9 Å². The van der Waals surface area contributed by atoms with Gasteiger partial charge in [0.2, 0.25) is 0 Å². The predicted molar refractivity (Wildman–Crippen MR) is 69.2 cm³/mol. The zero-order valence-corrected chi connectivity index (χ0v) is 10.9. The van der Waals surface area contributed by atoms with Gasteiger partial charge in [0, 0.05) is 22.2 Å². The first-order valence-electron chi connectivity index (χ1n) is 5.73. The summed E-state index contributed by atoms with van der Waals surface area (Å²) in [5.74, 6) is 0.654. The van der Waals surface area contributed by atoms with Crippen LogP contribution in [0.2, 0.25) is 0 Å². The Bertz CT molecular complexity index is 546. The number of rotatable bonds is 3. The van der Waals surface area contributed by atoms with Crippen molar-refractivity contribution in [2.24, 2.45) is 0 Å². The third kappa shape index (κ3) is 2.15. The summed E-state index contributed by atoms with van der Waals surface area (Å²) in [5, 5.41) is 13.9. The van der Waals surface area contributed by atoms with Gasteiger partial charge >= 0.3 is 0 Å². The van der Waals surface area contributed by atoms with Gasteiger partial charge < -0.3 is 5.11 Å². The first kappa shape index (κ1) is 11.0. The highest BCUT2D eigenvalue weighted by Crippen LogP contribution is 2.39. The first-order valence-corrected chi connectivity index (χ1v) is 6.52. The molecule has 1 aromatic heterocycles. The number of hydrogen-bond donors (Lipinski definition) is 1. The summed E-state index contributed by atoms with van der Waals surface area (Å²) in [6.45, 7) is 0.0290. The van der Waals surface area contributed by atoms with Crippen molar-refractivity contribution in [3.63, 3.8) is 0 Å². The Hall–Kier alpha value is -1.13. The predicted octanol–water partition coefficient (Wildman–Crippen LogP) is 3.00. The van der Waals surface area contributed by atoms with E-state index in [1.807, 2.05) is 29.1 Å². The third-order valence-corrected chi connectivity index (χ3v) is 3.56. The Balaban J connectivity index is 2.03. The number of benzene rings is 1. The van der Waals surface area contributed by atoms with Crippen LogP contribution in [0, 0.1) is 0 Å². The second-order valence-corrected chi connectivity index (χ2v) is 5.31. The van der Waals surface area contributed by atoms with E-state index in [1.54, 1.807) is 0 Å². The van der Waals surface area contributed by atoms with Crippen molar-refractivity contribution < 1.29 is 5.11 Å². The van der Waals surface area contributed by atoms with Crippen LogP contribution in [0.5, 0.6) is 0 Å². The molecule has 0 saturated heterocycles. The topological polar surface area (TPSA) is 38.0 Å². The smallest absolute Gasteiger partial charge is 0.0712 e. The summed E-state index contributed by atoms with van der Waals surface area (Å²) in [7, 11) is 0. The maximum atomic E-state index is 9.34. The molecule has 1 aromatic carbocycles. The summed E-state index contributed by atoms with van der Waals surface area (Å²) in [4.78, 5) is 0. The van der Waals surface area contributed by atoms with Gasteiger partial charge in [-0.1, -0.05) is 22.0 Å². The molecule has 1 heterocycles. The molecule has 1 aliphatic rings. The van der Waals surface area contributed by atoms with Gasteiger partial charge in [0.15, 0.2) is 0 Å². The average molecular weight is 293 g/mol. The maximum Gasteiger partial charge on any atom is 0.0712 e. The standard InChI is InChI=1S/C13H13BrN2O/c14-11-4-3-10(8-17)13(7-11)16-6-5-12(15-16)9-1-2-9/h3-7,9,17H,1-2,8H2. The minimum atomic E-state index is 0.0290. The molecule has 0 unspecified atom stereocenters. The van der Waals surface area contributed by atoms with Gasteiger partial charge in [-0.25, -0.2) is 4.68 Å². The number of hydrogen-bond acceptors (Lipinski definition) is 2. The minimum absolute atomic E-state index is 0.0290. The van der Waals surface area contributed by atoms with E-state index >= 15 is 0 Å². The van der Waals surface area contributed by atoms with E-state index in [4.69, 9.17) is 0 Å². The van der Waals surface area contributed by atoms with Crippen LogP contribution in [0.1, 0.15) is 30.0 Å². The van der Waals surface area contributed by atoms with Crippen molar-refractivity contribution in [2.45, 2.75) is 25.4 Å². The summed E-state index contributed by atoms with van der Waals surface area (Å²) in [6.07, 6.45) is 4.47. The second kappa shape index (κ2) is 4.27. The molecule has 0 spiro atoms. The molecule has 0 amide bonds. The molecule has 17 heavy (non-hydrogen) atoms. The first-order chi connectivity index (χ1) is 8.28. The number of aromatic nitrogens is 2. The lowest BCUT2D eigenvalue weighted by Gasteiger charge is -2.07. The molecule has 0 bridgehead atoms. The SMILES string of the molecule is OCc1ccc(Br)cc1-n1ccc(C2CC2)n1. The molecular formula is C13H13BrN2O. The van der Waals surface area contributed by atoms with Gasteiger partial charge in [0.05, 0.1) is 18.0 Å². The van der Waals surface area contributed by atoms with E-state index in [0.29, 0.717) is 5.92 Å². The summed E-state index contributed by atoms with van der Waals surface area (Å²) in [5.41, 5.74) is 2.99. The molecular weight excluding hydrogens is 280 g/mol. The fraction of sp³-hybridized carbons (Fsp3) is 0.308. The van der Waals surface area contributed by atoms with Crippen molar-refractivity contribution in [1.82, 2.24) is 9.78 Å². The number of halogens is 1. The minimum Gasteiger partial charge on any atom is -0.392 e. The molecule has 0 atom stereocenters. The molecule has 3 rings (SSSR count). The molecule has 88 valence electrons. The largest absolute Gasteiger partial charge is 0.392 e. The molecule has 2 aromatic rings. The highest BCUT2D eigenvalue weighted by atomic mass is 79.9. The van der Waals surface area contributed by atoms with Crippen LogP contribution < -0.4 is 0 Å². The lowest BCUT2D eigenvalue weighted by molar-refractivity contribution is 0.281. The van der Waals surface area contributed by atoms with Gasteiger partial charge in [0.25, 0.3) is 0 Å². The van der Waals surface area contributed by atoms with Crippen LogP contribution >= 0.6 is 15.9 Å². The highest BCUT2D eigenvalue weighted by molar-refractivity contribution is 9.10. The molecule has 4 heteroatoms. The second-order valence-electron chi connectivity index (χ2n) is 4.39. The van der Waals surface area contributed by atoms with Gasteiger partial charge in [-0.15, -0.1) is 0 Å². The van der Waals surface area contributed by atoms with E-state index in [9.17, 15) is 5.11 Å². The van der Waals surface area contributed by atoms with Crippen molar-refractivity contribution in [3.05, 3.63) is 46.2 Å². The molecule has 0 radical (unpaired) electrons. The number of nitrogens with zero attached hydrogens (tertiary/aromatic N) is 2. The number of aliphatic hydroxyl groups is 1. The Morgan fingerprint density at radius 2 is 2.18 bits per heavy atom. The molecule has 3 nitrogen and oxygen atoms in total. The Kier molecular flexibility index (Phi) is 2.76. The normalized spacial score (nSPS) is 15.2. The van der Waals surface area contributed by atoms with Crippen molar-refractivity contribution >= 4 is 15.9 Å². The highest BCUT2D eigenvalue weighted by Gasteiger charge is 2.26. The van der Waals surface area contributed by atoms with Gasteiger partial charge in [-0.3, -0.25) is 0 Å². The lowest BCUT2D eigenvalue weighted by atomic mass is 10.2. The molecule has 1 fully saturated rings. The van der Waals surface area contributed by atoms with E-state index in [1.165, 1.54) is 12.8 Å². The summed E-state index contributed by atoms with van der Waals surface area (Å²) in [6, 6.07) is 7.90. The van der Waals surface area contributed by atoms with Crippen molar-refractivity contribution in [2.75, 3.05) is 0 Å². The average Bonchev–Trinajstić information content (AvgIpc) is 3.07. The van der Waals surface area contributed by atoms with E-state index in [2.05, 4.69) is 27.1 Å². The fourth-order valence-electron chi connectivity index (χ4n) is 1.95. The van der Waals surface area contributed by atoms with Gasteiger partial charge in [-0.2, -0.15) is 5.10 Å². The Morgan fingerprint density at radius 3 is 2.88 bits per heavy atom. The van der Waals surface area contributed by atoms with Gasteiger partial charge in [0.1, 0.15) is 0 Å². The molecule has 0 aliphatic heterocycles. The zero-order chi connectivity index (χ0) is 11.8. The third-order valence-electron chi connectivity index (χ3n) is 3.07.